The minimum absolute atomic E-state index is 0.0246. The van der Waals surface area contributed by atoms with Crippen LogP contribution in [0.4, 0.5) is 8.78 Å². The van der Waals surface area contributed by atoms with E-state index in [2.05, 4.69) is 5.32 Å². The zero-order valence-electron chi connectivity index (χ0n) is 8.97. The van der Waals surface area contributed by atoms with Gasteiger partial charge in [0.1, 0.15) is 11.6 Å². The highest BCUT2D eigenvalue weighted by Crippen LogP contribution is 2.30. The number of benzene rings is 1. The molecule has 0 radical (unpaired) electrons. The molecule has 1 aromatic rings. The number of hydrogen-bond donors (Lipinski definition) is 2. The van der Waals surface area contributed by atoms with Crippen LogP contribution in [0.25, 0.3) is 0 Å². The van der Waals surface area contributed by atoms with E-state index in [1.807, 2.05) is 0 Å². The smallest absolute Gasteiger partial charge is 0.129 e. The van der Waals surface area contributed by atoms with Gasteiger partial charge in [-0.15, -0.1) is 0 Å². The second kappa shape index (κ2) is 4.47. The van der Waals surface area contributed by atoms with E-state index in [1.165, 1.54) is 12.1 Å². The van der Waals surface area contributed by atoms with E-state index in [1.54, 1.807) is 0 Å². The summed E-state index contributed by atoms with van der Waals surface area (Å²) >= 11 is 0. The first-order valence-corrected chi connectivity index (χ1v) is 5.41. The monoisotopic (exact) mass is 227 g/mol. The molecular weight excluding hydrogens is 212 g/mol. The zero-order chi connectivity index (χ0) is 11.6. The third-order valence-corrected chi connectivity index (χ3v) is 3.25. The van der Waals surface area contributed by atoms with Gasteiger partial charge in [-0.05, 0) is 31.0 Å². The fourth-order valence-corrected chi connectivity index (χ4v) is 2.21. The second-order valence-corrected chi connectivity index (χ2v) is 4.50. The zero-order valence-corrected chi connectivity index (χ0v) is 8.97. The Labute approximate surface area is 93.3 Å². The van der Waals surface area contributed by atoms with E-state index in [0.717, 1.165) is 19.0 Å². The predicted molar refractivity (Wildman–Crippen MR) is 57.1 cm³/mol. The third kappa shape index (κ3) is 2.23. The molecule has 0 aromatic heterocycles. The number of halogens is 2. The predicted octanol–water partition coefficient (Wildman–Crippen LogP) is 1.48. The number of nitrogens with one attached hydrogen (secondary N) is 1. The summed E-state index contributed by atoms with van der Waals surface area (Å²) in [6.07, 6.45) is 1.27. The third-order valence-electron chi connectivity index (χ3n) is 3.25. The van der Waals surface area contributed by atoms with Crippen LogP contribution >= 0.6 is 0 Å². The molecule has 88 valence electrons. The summed E-state index contributed by atoms with van der Waals surface area (Å²) in [5, 5.41) is 12.5. The maximum absolute atomic E-state index is 13.5. The Kier molecular flexibility index (Phi) is 3.21. The van der Waals surface area contributed by atoms with Gasteiger partial charge in [-0.3, -0.25) is 0 Å². The molecule has 1 unspecified atom stereocenters. The standard InChI is InChI=1S/C12H15F2NO/c13-10-2-1-9(11(14)5-10)6-12(8-16)3-4-15-7-12/h1-2,5,15-16H,3-4,6-8H2. The molecule has 1 fully saturated rings. The van der Waals surface area contributed by atoms with E-state index >= 15 is 0 Å². The lowest BCUT2D eigenvalue weighted by atomic mass is 9.81. The Morgan fingerprint density at radius 3 is 2.75 bits per heavy atom. The van der Waals surface area contributed by atoms with Crippen LogP contribution in [-0.2, 0) is 6.42 Å². The average Bonchev–Trinajstić information content (AvgIpc) is 2.72. The Balaban J connectivity index is 2.19. The van der Waals surface area contributed by atoms with Crippen molar-refractivity contribution in [2.24, 2.45) is 5.41 Å². The normalized spacial score (nSPS) is 24.9. The van der Waals surface area contributed by atoms with Crippen molar-refractivity contribution in [3.8, 4) is 0 Å². The molecule has 2 nitrogen and oxygen atoms in total. The quantitative estimate of drug-likeness (QED) is 0.819. The van der Waals surface area contributed by atoms with Gasteiger partial charge in [0.05, 0.1) is 6.61 Å². The van der Waals surface area contributed by atoms with Crippen LogP contribution in [0.1, 0.15) is 12.0 Å². The first-order valence-electron chi connectivity index (χ1n) is 5.41. The summed E-state index contributed by atoms with van der Waals surface area (Å²) in [6, 6.07) is 3.61. The fraction of sp³-hybridized carbons (Fsp3) is 0.500. The van der Waals surface area contributed by atoms with Gasteiger partial charge >= 0.3 is 0 Å². The topological polar surface area (TPSA) is 32.3 Å². The van der Waals surface area contributed by atoms with E-state index in [9.17, 15) is 13.9 Å². The van der Waals surface area contributed by atoms with Crippen molar-refractivity contribution in [2.45, 2.75) is 12.8 Å². The first kappa shape index (κ1) is 11.5. The number of aliphatic hydroxyl groups is 1. The van der Waals surface area contributed by atoms with Crippen LogP contribution in [0.15, 0.2) is 18.2 Å². The van der Waals surface area contributed by atoms with Crippen LogP contribution in [0.2, 0.25) is 0 Å². The fourth-order valence-electron chi connectivity index (χ4n) is 2.21. The molecule has 0 aliphatic carbocycles. The summed E-state index contributed by atoms with van der Waals surface area (Å²) < 4.78 is 26.2. The minimum atomic E-state index is -0.566. The van der Waals surface area contributed by atoms with Crippen LogP contribution in [0.3, 0.4) is 0 Å². The van der Waals surface area contributed by atoms with Crippen molar-refractivity contribution >= 4 is 0 Å². The van der Waals surface area contributed by atoms with Crippen LogP contribution < -0.4 is 5.32 Å². The van der Waals surface area contributed by atoms with E-state index in [-0.39, 0.29) is 12.0 Å². The van der Waals surface area contributed by atoms with Crippen molar-refractivity contribution in [1.82, 2.24) is 5.32 Å². The average molecular weight is 227 g/mol. The maximum Gasteiger partial charge on any atom is 0.129 e. The Hall–Kier alpha value is -1.00. The molecule has 4 heteroatoms. The Bertz CT molecular complexity index is 375. The van der Waals surface area contributed by atoms with Gasteiger partial charge in [-0.25, -0.2) is 8.78 Å². The lowest BCUT2D eigenvalue weighted by Crippen LogP contribution is -2.31. The van der Waals surface area contributed by atoms with E-state index in [0.29, 0.717) is 18.5 Å². The molecule has 2 N–H and O–H groups in total. The molecule has 0 bridgehead atoms. The van der Waals surface area contributed by atoms with Crippen molar-refractivity contribution < 1.29 is 13.9 Å². The highest BCUT2D eigenvalue weighted by molar-refractivity contribution is 5.20. The molecule has 1 atom stereocenters. The van der Waals surface area contributed by atoms with Crippen molar-refractivity contribution in [2.75, 3.05) is 19.7 Å². The van der Waals surface area contributed by atoms with Gasteiger partial charge in [-0.1, -0.05) is 6.07 Å². The SMILES string of the molecule is OCC1(Cc2ccc(F)cc2F)CCNC1. The second-order valence-electron chi connectivity index (χ2n) is 4.50. The van der Waals surface area contributed by atoms with Crippen molar-refractivity contribution in [3.63, 3.8) is 0 Å². The molecule has 1 aliphatic heterocycles. The molecule has 0 amide bonds. The molecule has 16 heavy (non-hydrogen) atoms. The lowest BCUT2D eigenvalue weighted by Gasteiger charge is -2.25. The Morgan fingerprint density at radius 1 is 1.38 bits per heavy atom. The summed E-state index contributed by atoms with van der Waals surface area (Å²) in [6.45, 7) is 1.54. The summed E-state index contributed by atoms with van der Waals surface area (Å²) in [4.78, 5) is 0. The molecule has 0 saturated carbocycles. The van der Waals surface area contributed by atoms with Gasteiger partial charge in [0.15, 0.2) is 0 Å². The number of aliphatic hydroxyl groups excluding tert-OH is 1. The van der Waals surface area contributed by atoms with E-state index < -0.39 is 11.6 Å². The summed E-state index contributed by atoms with van der Waals surface area (Å²) in [5.41, 5.74) is 0.178. The molecule has 1 aromatic carbocycles. The summed E-state index contributed by atoms with van der Waals surface area (Å²) in [7, 11) is 0. The van der Waals surface area contributed by atoms with Gasteiger partial charge in [0.2, 0.25) is 0 Å². The van der Waals surface area contributed by atoms with Crippen LogP contribution in [-0.4, -0.2) is 24.8 Å². The molecule has 1 saturated heterocycles. The highest BCUT2D eigenvalue weighted by atomic mass is 19.1. The minimum Gasteiger partial charge on any atom is -0.396 e. The van der Waals surface area contributed by atoms with Crippen molar-refractivity contribution in [1.29, 1.82) is 0 Å². The van der Waals surface area contributed by atoms with Gasteiger partial charge in [0, 0.05) is 18.0 Å². The van der Waals surface area contributed by atoms with Gasteiger partial charge in [-0.2, -0.15) is 0 Å². The molecular formula is C12H15F2NO. The van der Waals surface area contributed by atoms with Gasteiger partial charge < -0.3 is 10.4 Å². The van der Waals surface area contributed by atoms with Crippen molar-refractivity contribution in [3.05, 3.63) is 35.4 Å². The van der Waals surface area contributed by atoms with Crippen LogP contribution in [0, 0.1) is 17.0 Å². The van der Waals surface area contributed by atoms with Crippen LogP contribution in [0.5, 0.6) is 0 Å². The number of hydrogen-bond acceptors (Lipinski definition) is 2. The van der Waals surface area contributed by atoms with Gasteiger partial charge in [0.25, 0.3) is 0 Å². The molecule has 1 aliphatic rings. The highest BCUT2D eigenvalue weighted by Gasteiger charge is 2.33. The Morgan fingerprint density at radius 2 is 2.19 bits per heavy atom. The lowest BCUT2D eigenvalue weighted by molar-refractivity contribution is 0.142. The first-order chi connectivity index (χ1) is 7.65. The molecule has 2 rings (SSSR count). The number of rotatable bonds is 3. The summed E-state index contributed by atoms with van der Waals surface area (Å²) in [5.74, 6) is -1.09. The maximum atomic E-state index is 13.5. The molecule has 1 heterocycles. The largest absolute Gasteiger partial charge is 0.396 e. The van der Waals surface area contributed by atoms with E-state index in [4.69, 9.17) is 0 Å². The molecule has 0 spiro atoms.